The van der Waals surface area contributed by atoms with Gasteiger partial charge in [0.05, 0.1) is 19.9 Å². The second kappa shape index (κ2) is 7.31. The number of carbonyl (C=O) groups excluding carboxylic acids is 1. The third-order valence-corrected chi connectivity index (χ3v) is 4.07. The van der Waals surface area contributed by atoms with Crippen molar-refractivity contribution < 1.29 is 14.3 Å². The number of amides is 1. The van der Waals surface area contributed by atoms with Crippen molar-refractivity contribution in [3.8, 4) is 22.8 Å². The third-order valence-electron chi connectivity index (χ3n) is 4.07. The maximum Gasteiger partial charge on any atom is 0.276 e. The van der Waals surface area contributed by atoms with E-state index in [4.69, 9.17) is 9.47 Å². The van der Waals surface area contributed by atoms with Gasteiger partial charge in [0.2, 0.25) is 0 Å². The van der Waals surface area contributed by atoms with Crippen LogP contribution in [-0.4, -0.2) is 29.9 Å². The summed E-state index contributed by atoms with van der Waals surface area (Å²) in [5.74, 6) is 1.09. The Balaban J connectivity index is 1.91. The predicted octanol–water partition coefficient (Wildman–Crippen LogP) is 3.67. The number of aromatic nitrogens is 2. The lowest BCUT2D eigenvalue weighted by Crippen LogP contribution is -2.13. The van der Waals surface area contributed by atoms with Crippen molar-refractivity contribution in [2.45, 2.75) is 6.92 Å². The highest BCUT2D eigenvalue weighted by molar-refractivity contribution is 6.03. The molecule has 0 spiro atoms. The highest BCUT2D eigenvalue weighted by atomic mass is 16.5. The fourth-order valence-corrected chi connectivity index (χ4v) is 2.76. The number of benzene rings is 2. The van der Waals surface area contributed by atoms with Gasteiger partial charge in [0, 0.05) is 24.4 Å². The second-order valence-electron chi connectivity index (χ2n) is 5.93. The zero-order chi connectivity index (χ0) is 18.7. The molecule has 0 aliphatic heterocycles. The van der Waals surface area contributed by atoms with Gasteiger partial charge in [-0.05, 0) is 42.8 Å². The smallest absolute Gasteiger partial charge is 0.276 e. The molecular weight excluding hydrogens is 330 g/mol. The number of nitrogens with zero attached hydrogens (tertiary/aromatic N) is 2. The molecule has 0 aliphatic carbocycles. The molecule has 2 aromatic carbocycles. The number of nitrogens with one attached hydrogen (secondary N) is 1. The number of ether oxygens (including phenoxy) is 2. The first-order valence-electron chi connectivity index (χ1n) is 8.16. The van der Waals surface area contributed by atoms with Gasteiger partial charge in [-0.15, -0.1) is 0 Å². The molecule has 0 fully saturated rings. The quantitative estimate of drug-likeness (QED) is 0.762. The van der Waals surface area contributed by atoms with Gasteiger partial charge in [-0.3, -0.25) is 9.48 Å². The van der Waals surface area contributed by atoms with E-state index in [1.807, 2.05) is 43.3 Å². The van der Waals surface area contributed by atoms with Crippen LogP contribution < -0.4 is 14.8 Å². The van der Waals surface area contributed by atoms with Crippen LogP contribution in [0.5, 0.6) is 11.5 Å². The minimum Gasteiger partial charge on any atom is -0.497 e. The van der Waals surface area contributed by atoms with Crippen molar-refractivity contribution in [3.05, 3.63) is 59.8 Å². The van der Waals surface area contributed by atoms with E-state index in [9.17, 15) is 4.79 Å². The summed E-state index contributed by atoms with van der Waals surface area (Å²) in [6, 6.07) is 14.9. The van der Waals surface area contributed by atoms with Crippen LogP contribution in [0.2, 0.25) is 0 Å². The summed E-state index contributed by atoms with van der Waals surface area (Å²) in [4.78, 5) is 12.5. The number of methoxy groups -OCH3 is 2. The van der Waals surface area contributed by atoms with Crippen molar-refractivity contribution in [1.82, 2.24) is 9.78 Å². The lowest BCUT2D eigenvalue weighted by atomic mass is 10.1. The highest BCUT2D eigenvalue weighted by Gasteiger charge is 2.17. The average molecular weight is 351 g/mol. The lowest BCUT2D eigenvalue weighted by Gasteiger charge is -2.10. The number of carbonyl (C=O) groups is 1. The van der Waals surface area contributed by atoms with Crippen LogP contribution in [0.3, 0.4) is 0 Å². The van der Waals surface area contributed by atoms with E-state index >= 15 is 0 Å². The van der Waals surface area contributed by atoms with Gasteiger partial charge < -0.3 is 14.8 Å². The Labute approximate surface area is 152 Å². The van der Waals surface area contributed by atoms with Gasteiger partial charge in [0.15, 0.2) is 5.69 Å². The van der Waals surface area contributed by atoms with Gasteiger partial charge in [-0.25, -0.2) is 0 Å². The molecule has 134 valence electrons. The van der Waals surface area contributed by atoms with Crippen LogP contribution in [0.15, 0.2) is 48.5 Å². The van der Waals surface area contributed by atoms with Crippen LogP contribution in [0.25, 0.3) is 11.3 Å². The van der Waals surface area contributed by atoms with Gasteiger partial charge >= 0.3 is 0 Å². The molecule has 1 amide bonds. The molecular formula is C20H21N3O3. The molecule has 1 aromatic heterocycles. The molecule has 1 heterocycles. The Morgan fingerprint density at radius 2 is 1.88 bits per heavy atom. The SMILES string of the molecule is COc1ccc(-c2cc(C(=O)Nc3cccc(C)c3)nn2C)c(OC)c1. The largest absolute Gasteiger partial charge is 0.497 e. The molecule has 0 radical (unpaired) electrons. The van der Waals surface area contributed by atoms with E-state index in [0.29, 0.717) is 17.2 Å². The van der Waals surface area contributed by atoms with Gasteiger partial charge in [-0.1, -0.05) is 12.1 Å². The van der Waals surface area contributed by atoms with E-state index < -0.39 is 0 Å². The molecule has 3 aromatic rings. The van der Waals surface area contributed by atoms with Gasteiger partial charge in [-0.2, -0.15) is 5.10 Å². The summed E-state index contributed by atoms with van der Waals surface area (Å²) in [7, 11) is 4.99. The monoisotopic (exact) mass is 351 g/mol. The molecule has 6 heteroatoms. The Kier molecular flexibility index (Phi) is 4.93. The van der Waals surface area contributed by atoms with Gasteiger partial charge in [0.25, 0.3) is 5.91 Å². The number of hydrogen-bond donors (Lipinski definition) is 1. The summed E-state index contributed by atoms with van der Waals surface area (Å²) in [6.07, 6.45) is 0. The van der Waals surface area contributed by atoms with Crippen LogP contribution in [0, 0.1) is 6.92 Å². The third kappa shape index (κ3) is 3.54. The minimum absolute atomic E-state index is 0.259. The zero-order valence-corrected chi connectivity index (χ0v) is 15.2. The molecule has 0 saturated heterocycles. The Morgan fingerprint density at radius 3 is 2.58 bits per heavy atom. The van der Waals surface area contributed by atoms with Crippen LogP contribution in [-0.2, 0) is 7.05 Å². The lowest BCUT2D eigenvalue weighted by molar-refractivity contribution is 0.102. The average Bonchev–Trinajstić information content (AvgIpc) is 3.03. The van der Waals surface area contributed by atoms with E-state index in [-0.39, 0.29) is 5.91 Å². The minimum atomic E-state index is -0.259. The number of aryl methyl sites for hydroxylation is 2. The van der Waals surface area contributed by atoms with Crippen LogP contribution in [0.4, 0.5) is 5.69 Å². The Bertz CT molecular complexity index is 947. The maximum absolute atomic E-state index is 12.5. The number of anilines is 1. The van der Waals surface area contributed by atoms with E-state index in [1.54, 1.807) is 38.1 Å². The first-order chi connectivity index (χ1) is 12.5. The molecule has 26 heavy (non-hydrogen) atoms. The first-order valence-corrected chi connectivity index (χ1v) is 8.16. The van der Waals surface area contributed by atoms with Crippen molar-refractivity contribution >= 4 is 11.6 Å². The highest BCUT2D eigenvalue weighted by Crippen LogP contribution is 2.33. The van der Waals surface area contributed by atoms with E-state index in [2.05, 4.69) is 10.4 Å². The van der Waals surface area contributed by atoms with Crippen molar-refractivity contribution in [2.75, 3.05) is 19.5 Å². The fourth-order valence-electron chi connectivity index (χ4n) is 2.76. The normalized spacial score (nSPS) is 10.5. The summed E-state index contributed by atoms with van der Waals surface area (Å²) in [5.41, 5.74) is 3.76. The van der Waals surface area contributed by atoms with Crippen LogP contribution >= 0.6 is 0 Å². The molecule has 0 atom stereocenters. The first kappa shape index (κ1) is 17.5. The number of rotatable bonds is 5. The fraction of sp³-hybridized carbons (Fsp3) is 0.200. The van der Waals surface area contributed by atoms with E-state index in [0.717, 1.165) is 22.5 Å². The molecule has 0 unspecified atom stereocenters. The molecule has 6 nitrogen and oxygen atoms in total. The summed E-state index contributed by atoms with van der Waals surface area (Å²) in [5, 5.41) is 7.21. The molecule has 1 N–H and O–H groups in total. The Morgan fingerprint density at radius 1 is 1.08 bits per heavy atom. The molecule has 0 saturated carbocycles. The van der Waals surface area contributed by atoms with Crippen LogP contribution in [0.1, 0.15) is 16.1 Å². The molecule has 0 bridgehead atoms. The van der Waals surface area contributed by atoms with Crippen molar-refractivity contribution in [1.29, 1.82) is 0 Å². The van der Waals surface area contributed by atoms with Crippen molar-refractivity contribution in [2.24, 2.45) is 7.05 Å². The Hall–Kier alpha value is -3.28. The summed E-state index contributed by atoms with van der Waals surface area (Å²) >= 11 is 0. The van der Waals surface area contributed by atoms with E-state index in [1.165, 1.54) is 0 Å². The topological polar surface area (TPSA) is 65.4 Å². The molecule has 0 aliphatic rings. The zero-order valence-electron chi connectivity index (χ0n) is 15.2. The van der Waals surface area contributed by atoms with Gasteiger partial charge in [0.1, 0.15) is 11.5 Å². The standard InChI is InChI=1S/C20H21N3O3/c1-13-6-5-7-14(10-13)21-20(24)17-12-18(23(2)22-17)16-9-8-15(25-3)11-19(16)26-4/h5-12H,1-4H3,(H,21,24). The molecule has 3 rings (SSSR count). The van der Waals surface area contributed by atoms with Crippen molar-refractivity contribution in [3.63, 3.8) is 0 Å². The number of hydrogen-bond acceptors (Lipinski definition) is 4. The summed E-state index contributed by atoms with van der Waals surface area (Å²) in [6.45, 7) is 1.98. The maximum atomic E-state index is 12.5. The summed E-state index contributed by atoms with van der Waals surface area (Å²) < 4.78 is 12.3. The predicted molar refractivity (Wildman–Crippen MR) is 101 cm³/mol. The second-order valence-corrected chi connectivity index (χ2v) is 5.93.